The number of piperidine rings is 1. The number of likely N-dealkylation sites (tertiary alicyclic amines) is 1. The molecule has 0 aliphatic carbocycles. The van der Waals surface area contributed by atoms with E-state index in [2.05, 4.69) is 9.80 Å². The van der Waals surface area contributed by atoms with Gasteiger partial charge in [0.1, 0.15) is 5.60 Å². The van der Waals surface area contributed by atoms with Gasteiger partial charge in [-0.05, 0) is 47.6 Å². The third kappa shape index (κ3) is 6.02. The van der Waals surface area contributed by atoms with E-state index in [4.69, 9.17) is 14.2 Å². The van der Waals surface area contributed by atoms with Crippen LogP contribution in [0.25, 0.3) is 0 Å². The first-order chi connectivity index (χ1) is 12.2. The Morgan fingerprint density at radius 3 is 2.31 bits per heavy atom. The third-order valence-electron chi connectivity index (χ3n) is 4.66. The SMILES string of the molecule is CCOC(=O)O[C@H]1CN(C)CCN1C1CCN(C(=O)OC(C)(C)C)CC1. The average Bonchev–Trinajstić information content (AvgIpc) is 2.54. The molecule has 1 atom stereocenters. The Kier molecular flexibility index (Phi) is 7.11. The number of hydrogen-bond acceptors (Lipinski definition) is 7. The van der Waals surface area contributed by atoms with Crippen molar-refractivity contribution in [1.82, 2.24) is 14.7 Å². The molecular formula is C18H33N3O5. The fourth-order valence-corrected chi connectivity index (χ4v) is 3.39. The molecule has 0 N–H and O–H groups in total. The second kappa shape index (κ2) is 8.90. The van der Waals surface area contributed by atoms with E-state index >= 15 is 0 Å². The van der Waals surface area contributed by atoms with E-state index in [0.29, 0.717) is 26.2 Å². The number of rotatable bonds is 3. The molecule has 0 saturated carbocycles. The lowest BCUT2D eigenvalue weighted by Crippen LogP contribution is -2.59. The van der Waals surface area contributed by atoms with E-state index in [0.717, 1.165) is 25.9 Å². The van der Waals surface area contributed by atoms with E-state index in [1.807, 2.05) is 27.8 Å². The van der Waals surface area contributed by atoms with E-state index < -0.39 is 11.8 Å². The maximum atomic E-state index is 12.2. The average molecular weight is 371 g/mol. The van der Waals surface area contributed by atoms with Crippen molar-refractivity contribution in [2.45, 2.75) is 58.4 Å². The molecule has 2 heterocycles. The molecular weight excluding hydrogens is 338 g/mol. The molecule has 26 heavy (non-hydrogen) atoms. The molecule has 0 aromatic carbocycles. The molecule has 8 nitrogen and oxygen atoms in total. The minimum Gasteiger partial charge on any atom is -0.444 e. The molecule has 0 aromatic rings. The molecule has 2 aliphatic rings. The Hall–Kier alpha value is -1.54. The molecule has 0 radical (unpaired) electrons. The van der Waals surface area contributed by atoms with Crippen molar-refractivity contribution in [3.05, 3.63) is 0 Å². The monoisotopic (exact) mass is 371 g/mol. The van der Waals surface area contributed by atoms with Crippen LogP contribution >= 0.6 is 0 Å². The zero-order chi connectivity index (χ0) is 19.3. The molecule has 0 spiro atoms. The van der Waals surface area contributed by atoms with Crippen LogP contribution < -0.4 is 0 Å². The Morgan fingerprint density at radius 1 is 1.08 bits per heavy atom. The predicted molar refractivity (Wildman–Crippen MR) is 96.9 cm³/mol. The van der Waals surface area contributed by atoms with Gasteiger partial charge in [-0.15, -0.1) is 0 Å². The van der Waals surface area contributed by atoms with Gasteiger partial charge < -0.3 is 24.0 Å². The summed E-state index contributed by atoms with van der Waals surface area (Å²) in [6, 6.07) is 0.279. The van der Waals surface area contributed by atoms with Gasteiger partial charge in [0.2, 0.25) is 0 Å². The Bertz CT molecular complexity index is 486. The number of carbonyl (C=O) groups excluding carboxylic acids is 2. The number of ether oxygens (including phenoxy) is 3. The third-order valence-corrected chi connectivity index (χ3v) is 4.66. The summed E-state index contributed by atoms with van der Waals surface area (Å²) in [7, 11) is 2.02. The number of likely N-dealkylation sites (N-methyl/N-ethyl adjacent to an activating group) is 1. The van der Waals surface area contributed by atoms with Gasteiger partial charge in [-0.25, -0.2) is 9.59 Å². The Morgan fingerprint density at radius 2 is 1.73 bits per heavy atom. The van der Waals surface area contributed by atoms with Gasteiger partial charge in [0.25, 0.3) is 0 Å². The van der Waals surface area contributed by atoms with E-state index in [9.17, 15) is 9.59 Å². The van der Waals surface area contributed by atoms with Gasteiger partial charge in [-0.1, -0.05) is 0 Å². The highest BCUT2D eigenvalue weighted by atomic mass is 16.7. The normalized spacial score (nSPS) is 23.6. The molecule has 0 bridgehead atoms. The summed E-state index contributed by atoms with van der Waals surface area (Å²) in [4.78, 5) is 30.1. The van der Waals surface area contributed by atoms with Crippen molar-refractivity contribution >= 4 is 12.2 Å². The molecule has 2 fully saturated rings. The first-order valence-corrected chi connectivity index (χ1v) is 9.45. The van der Waals surface area contributed by atoms with Crippen molar-refractivity contribution in [3.63, 3.8) is 0 Å². The summed E-state index contributed by atoms with van der Waals surface area (Å²) in [5.74, 6) is 0. The number of nitrogens with zero attached hydrogens (tertiary/aromatic N) is 3. The zero-order valence-electron chi connectivity index (χ0n) is 16.7. The van der Waals surface area contributed by atoms with E-state index in [1.54, 1.807) is 11.8 Å². The first kappa shape index (κ1) is 20.8. The standard InChI is InChI=1S/C18H33N3O5/c1-6-24-17(23)25-15-13-19(5)11-12-21(15)14-7-9-20(10-8-14)16(22)26-18(2,3)4/h14-15H,6-13H2,1-5H3/t15-/m0/s1. The number of hydrogen-bond donors (Lipinski definition) is 0. The minimum absolute atomic E-state index is 0.256. The van der Waals surface area contributed by atoms with Gasteiger partial charge in [0, 0.05) is 38.8 Å². The van der Waals surface area contributed by atoms with Crippen LogP contribution in [-0.4, -0.2) is 91.2 Å². The molecule has 150 valence electrons. The molecule has 2 aliphatic heterocycles. The number of amides is 1. The molecule has 2 rings (SSSR count). The number of piperazine rings is 1. The topological polar surface area (TPSA) is 71.6 Å². The van der Waals surface area contributed by atoms with Gasteiger partial charge in [0.15, 0.2) is 6.23 Å². The summed E-state index contributed by atoms with van der Waals surface area (Å²) < 4.78 is 15.9. The fraction of sp³-hybridized carbons (Fsp3) is 0.889. The van der Waals surface area contributed by atoms with Gasteiger partial charge in [-0.2, -0.15) is 0 Å². The van der Waals surface area contributed by atoms with Crippen LogP contribution in [0.2, 0.25) is 0 Å². The smallest absolute Gasteiger partial charge is 0.444 e. The Balaban J connectivity index is 1.91. The summed E-state index contributed by atoms with van der Waals surface area (Å²) in [6.45, 7) is 11.4. The van der Waals surface area contributed by atoms with E-state index in [-0.39, 0.29) is 18.4 Å². The summed E-state index contributed by atoms with van der Waals surface area (Å²) in [5.41, 5.74) is -0.482. The van der Waals surface area contributed by atoms with Gasteiger partial charge in [0.05, 0.1) is 6.61 Å². The predicted octanol–water partition coefficient (Wildman–Crippen LogP) is 2.13. The van der Waals surface area contributed by atoms with Crippen LogP contribution in [0.3, 0.4) is 0 Å². The van der Waals surface area contributed by atoms with Crippen LogP contribution in [0.15, 0.2) is 0 Å². The van der Waals surface area contributed by atoms with Gasteiger partial charge >= 0.3 is 12.2 Å². The summed E-state index contributed by atoms with van der Waals surface area (Å²) in [5, 5.41) is 0. The highest BCUT2D eigenvalue weighted by molar-refractivity contribution is 5.68. The second-order valence-corrected chi connectivity index (χ2v) is 7.95. The van der Waals surface area contributed by atoms with Crippen LogP contribution in [0.4, 0.5) is 9.59 Å². The fourth-order valence-electron chi connectivity index (χ4n) is 3.39. The maximum Gasteiger partial charge on any atom is 0.509 e. The summed E-state index contributed by atoms with van der Waals surface area (Å²) >= 11 is 0. The van der Waals surface area contributed by atoms with Gasteiger partial charge in [-0.3, -0.25) is 4.90 Å². The quantitative estimate of drug-likeness (QED) is 0.704. The number of carbonyl (C=O) groups is 2. The lowest BCUT2D eigenvalue weighted by atomic mass is 10.0. The van der Waals surface area contributed by atoms with Crippen molar-refractivity contribution in [2.24, 2.45) is 0 Å². The van der Waals surface area contributed by atoms with Crippen molar-refractivity contribution in [1.29, 1.82) is 0 Å². The molecule has 8 heteroatoms. The van der Waals surface area contributed by atoms with Crippen molar-refractivity contribution < 1.29 is 23.8 Å². The summed E-state index contributed by atoms with van der Waals surface area (Å²) in [6.07, 6.45) is 0.487. The molecule has 2 saturated heterocycles. The van der Waals surface area contributed by atoms with Crippen LogP contribution in [-0.2, 0) is 14.2 Å². The van der Waals surface area contributed by atoms with Crippen LogP contribution in [0.5, 0.6) is 0 Å². The second-order valence-electron chi connectivity index (χ2n) is 7.95. The molecule has 0 unspecified atom stereocenters. The highest BCUT2D eigenvalue weighted by Gasteiger charge is 2.36. The minimum atomic E-state index is -0.621. The molecule has 0 aromatic heterocycles. The largest absolute Gasteiger partial charge is 0.509 e. The lowest BCUT2D eigenvalue weighted by Gasteiger charge is -2.45. The van der Waals surface area contributed by atoms with Crippen LogP contribution in [0.1, 0.15) is 40.5 Å². The highest BCUT2D eigenvalue weighted by Crippen LogP contribution is 2.23. The van der Waals surface area contributed by atoms with Crippen molar-refractivity contribution in [2.75, 3.05) is 46.4 Å². The maximum absolute atomic E-state index is 12.2. The molecule has 1 amide bonds. The van der Waals surface area contributed by atoms with Crippen LogP contribution in [0, 0.1) is 0 Å². The Labute approximate surface area is 156 Å². The van der Waals surface area contributed by atoms with Crippen molar-refractivity contribution in [3.8, 4) is 0 Å². The lowest BCUT2D eigenvalue weighted by molar-refractivity contribution is -0.104. The first-order valence-electron chi connectivity index (χ1n) is 9.45. The van der Waals surface area contributed by atoms with E-state index in [1.165, 1.54) is 0 Å². The zero-order valence-corrected chi connectivity index (χ0v) is 16.7.